The van der Waals surface area contributed by atoms with Crippen molar-refractivity contribution in [2.45, 2.75) is 38.3 Å². The topological polar surface area (TPSA) is 76.8 Å². The van der Waals surface area contributed by atoms with Crippen LogP contribution in [0, 0.1) is 5.82 Å². The number of aromatic nitrogens is 5. The Morgan fingerprint density at radius 2 is 2.00 bits per heavy atom. The summed E-state index contributed by atoms with van der Waals surface area (Å²) < 4.78 is 28.4. The van der Waals surface area contributed by atoms with Crippen LogP contribution < -0.4 is 0 Å². The fourth-order valence-electron chi connectivity index (χ4n) is 2.60. The smallest absolute Gasteiger partial charge is 0.238 e. The van der Waals surface area contributed by atoms with E-state index in [2.05, 4.69) is 20.2 Å². The van der Waals surface area contributed by atoms with Gasteiger partial charge in [-0.2, -0.15) is 5.12 Å². The molecule has 1 aliphatic rings. The first-order valence-corrected chi connectivity index (χ1v) is 7.01. The quantitative estimate of drug-likeness (QED) is 0.638. The van der Waals surface area contributed by atoms with E-state index in [1.165, 1.54) is 0 Å². The summed E-state index contributed by atoms with van der Waals surface area (Å²) in [5, 5.41) is 8.12. The number of carbonyl (C=O) groups is 1. The van der Waals surface area contributed by atoms with Crippen molar-refractivity contribution < 1.29 is 13.7 Å². The van der Waals surface area contributed by atoms with Crippen molar-refractivity contribution in [2.24, 2.45) is 0 Å². The number of hydrogen-bond donors (Lipinski definition) is 0. The van der Waals surface area contributed by atoms with Crippen LogP contribution in [0.25, 0.3) is 11.6 Å². The van der Waals surface area contributed by atoms with E-state index in [1.54, 1.807) is 4.57 Å². The molecule has 0 saturated carbocycles. The standard InChI is InChI=1S/C13H14F2N6O/c14-9-6-16-11(17-7-9)13-19-18-12-10(21(15)8-22)4-2-1-3-5-20(12)13/h6-8,10H,1-5H2. The Morgan fingerprint density at radius 1 is 1.23 bits per heavy atom. The van der Waals surface area contributed by atoms with Crippen molar-refractivity contribution in [3.05, 3.63) is 24.0 Å². The van der Waals surface area contributed by atoms with Crippen LogP contribution in [-0.2, 0) is 11.3 Å². The minimum atomic E-state index is -0.778. The van der Waals surface area contributed by atoms with Crippen LogP contribution in [0.3, 0.4) is 0 Å². The zero-order valence-electron chi connectivity index (χ0n) is 11.7. The fourth-order valence-corrected chi connectivity index (χ4v) is 2.60. The molecule has 0 aromatic carbocycles. The van der Waals surface area contributed by atoms with E-state index in [1.807, 2.05) is 0 Å². The van der Waals surface area contributed by atoms with Crippen molar-refractivity contribution in [1.82, 2.24) is 29.9 Å². The minimum Gasteiger partial charge on any atom is -0.306 e. The van der Waals surface area contributed by atoms with Crippen LogP contribution >= 0.6 is 0 Å². The van der Waals surface area contributed by atoms with Crippen LogP contribution in [0.15, 0.2) is 12.4 Å². The number of fused-ring (bicyclic) bond motifs is 1. The second kappa shape index (κ2) is 6.12. The Morgan fingerprint density at radius 3 is 2.73 bits per heavy atom. The van der Waals surface area contributed by atoms with Crippen molar-refractivity contribution in [3.63, 3.8) is 0 Å². The molecule has 7 nitrogen and oxygen atoms in total. The molecule has 0 fully saturated rings. The van der Waals surface area contributed by atoms with Gasteiger partial charge in [-0.1, -0.05) is 17.3 Å². The van der Waals surface area contributed by atoms with Gasteiger partial charge in [0.25, 0.3) is 0 Å². The Kier molecular flexibility index (Phi) is 4.03. The molecule has 3 heterocycles. The van der Waals surface area contributed by atoms with Gasteiger partial charge in [0.2, 0.25) is 12.2 Å². The van der Waals surface area contributed by atoms with Crippen molar-refractivity contribution in [2.75, 3.05) is 0 Å². The second-order valence-corrected chi connectivity index (χ2v) is 5.07. The Hall–Kier alpha value is -2.45. The van der Waals surface area contributed by atoms with Gasteiger partial charge in [-0.15, -0.1) is 10.2 Å². The van der Waals surface area contributed by atoms with Gasteiger partial charge in [-0.25, -0.2) is 14.4 Å². The maximum atomic E-state index is 13.8. The Labute approximate surface area is 124 Å². The molecule has 2 aromatic heterocycles. The molecule has 0 N–H and O–H groups in total. The molecule has 0 radical (unpaired) electrons. The van der Waals surface area contributed by atoms with E-state index >= 15 is 0 Å². The first-order valence-electron chi connectivity index (χ1n) is 7.01. The van der Waals surface area contributed by atoms with Crippen molar-refractivity contribution >= 4 is 6.41 Å². The third-order valence-corrected chi connectivity index (χ3v) is 3.66. The molecule has 116 valence electrons. The van der Waals surface area contributed by atoms with Gasteiger partial charge in [0, 0.05) is 6.54 Å². The van der Waals surface area contributed by atoms with E-state index in [4.69, 9.17) is 0 Å². The minimum absolute atomic E-state index is 0.112. The molecular formula is C13H14F2N6O. The summed E-state index contributed by atoms with van der Waals surface area (Å²) in [4.78, 5) is 18.5. The number of halogens is 2. The molecule has 9 heteroatoms. The van der Waals surface area contributed by atoms with Gasteiger partial charge in [-0.05, 0) is 12.8 Å². The zero-order valence-corrected chi connectivity index (χ0v) is 11.7. The number of amides is 1. The molecule has 1 aliphatic heterocycles. The lowest BCUT2D eigenvalue weighted by atomic mass is 10.1. The number of nitrogens with zero attached hydrogens (tertiary/aromatic N) is 6. The summed E-state index contributed by atoms with van der Waals surface area (Å²) in [6.07, 6.45) is 5.27. The van der Waals surface area contributed by atoms with Crippen LogP contribution in [0.5, 0.6) is 0 Å². The molecule has 0 bridgehead atoms. The first kappa shape index (κ1) is 14.5. The van der Waals surface area contributed by atoms with Crippen LogP contribution in [0.2, 0.25) is 0 Å². The lowest BCUT2D eigenvalue weighted by Crippen LogP contribution is -2.24. The van der Waals surface area contributed by atoms with Crippen LogP contribution in [-0.4, -0.2) is 36.3 Å². The van der Waals surface area contributed by atoms with Crippen LogP contribution in [0.1, 0.15) is 37.5 Å². The lowest BCUT2D eigenvalue weighted by molar-refractivity contribution is -0.138. The van der Waals surface area contributed by atoms with E-state index in [9.17, 15) is 13.7 Å². The van der Waals surface area contributed by atoms with E-state index < -0.39 is 11.9 Å². The maximum Gasteiger partial charge on any atom is 0.238 e. The number of hydrogen-bond acceptors (Lipinski definition) is 5. The summed E-state index contributed by atoms with van der Waals surface area (Å²) in [7, 11) is 0. The summed E-state index contributed by atoms with van der Waals surface area (Å²) in [5.41, 5.74) is 0. The average molecular weight is 308 g/mol. The molecular weight excluding hydrogens is 294 g/mol. The summed E-state index contributed by atoms with van der Waals surface area (Å²) in [6.45, 7) is 0.571. The number of carbonyl (C=O) groups excluding carboxylic acids is 1. The highest BCUT2D eigenvalue weighted by Gasteiger charge is 2.28. The molecule has 0 spiro atoms. The maximum absolute atomic E-state index is 13.8. The fraction of sp³-hybridized carbons (Fsp3) is 0.462. The van der Waals surface area contributed by atoms with Gasteiger partial charge in [-0.3, -0.25) is 4.79 Å². The third-order valence-electron chi connectivity index (χ3n) is 3.66. The highest BCUT2D eigenvalue weighted by Crippen LogP contribution is 2.29. The zero-order chi connectivity index (χ0) is 15.5. The monoisotopic (exact) mass is 308 g/mol. The Balaban J connectivity index is 2.04. The first-order chi connectivity index (χ1) is 10.7. The second-order valence-electron chi connectivity index (χ2n) is 5.07. The molecule has 22 heavy (non-hydrogen) atoms. The van der Waals surface area contributed by atoms with E-state index in [0.717, 1.165) is 31.7 Å². The van der Waals surface area contributed by atoms with Gasteiger partial charge in [0.1, 0.15) is 6.04 Å². The summed E-state index contributed by atoms with van der Waals surface area (Å²) in [6, 6.07) is -0.778. The average Bonchev–Trinajstić information content (AvgIpc) is 2.90. The van der Waals surface area contributed by atoms with Gasteiger partial charge >= 0.3 is 0 Å². The highest BCUT2D eigenvalue weighted by molar-refractivity contribution is 5.47. The summed E-state index contributed by atoms with van der Waals surface area (Å²) in [5.74, 6) is 0.374. The van der Waals surface area contributed by atoms with E-state index in [-0.39, 0.29) is 17.4 Å². The molecule has 0 aliphatic carbocycles. The van der Waals surface area contributed by atoms with Crippen LogP contribution in [0.4, 0.5) is 8.87 Å². The summed E-state index contributed by atoms with van der Waals surface area (Å²) >= 11 is 0. The van der Waals surface area contributed by atoms with Gasteiger partial charge in [0.05, 0.1) is 12.4 Å². The lowest BCUT2D eigenvalue weighted by Gasteiger charge is -2.23. The van der Waals surface area contributed by atoms with Crippen molar-refractivity contribution in [3.8, 4) is 11.6 Å². The van der Waals surface area contributed by atoms with Gasteiger partial charge in [0.15, 0.2) is 17.5 Å². The van der Waals surface area contributed by atoms with Crippen molar-refractivity contribution in [1.29, 1.82) is 0 Å². The molecule has 3 rings (SSSR count). The van der Waals surface area contributed by atoms with Gasteiger partial charge < -0.3 is 4.57 Å². The predicted octanol–water partition coefficient (Wildman–Crippen LogP) is 1.83. The highest BCUT2D eigenvalue weighted by atomic mass is 19.2. The normalized spacial score (nSPS) is 18.2. The molecule has 1 unspecified atom stereocenters. The molecule has 1 atom stereocenters. The largest absolute Gasteiger partial charge is 0.306 e. The predicted molar refractivity (Wildman–Crippen MR) is 71.2 cm³/mol. The number of rotatable bonds is 3. The Bertz CT molecular complexity index is 659. The SMILES string of the molecule is O=CN(F)C1CCCCCn2c(-c3ncc(F)cn3)nnc21. The third kappa shape index (κ3) is 2.66. The van der Waals surface area contributed by atoms with E-state index in [0.29, 0.717) is 24.6 Å². The molecule has 0 saturated heterocycles. The molecule has 2 aromatic rings. The molecule has 1 amide bonds.